The van der Waals surface area contributed by atoms with Crippen molar-refractivity contribution in [1.82, 2.24) is 0 Å². The van der Waals surface area contributed by atoms with Gasteiger partial charge >= 0.3 is 0 Å². The van der Waals surface area contributed by atoms with Crippen molar-refractivity contribution in [2.24, 2.45) is 0 Å². The largest absolute Gasteiger partial charge is 0.393 e. The summed E-state index contributed by atoms with van der Waals surface area (Å²) in [7, 11) is 0. The molecule has 0 amide bonds. The number of rotatable bonds is 2. The van der Waals surface area contributed by atoms with Crippen LogP contribution in [0.2, 0.25) is 0 Å². The molecular formula is C12H11FO. The average molecular weight is 190 g/mol. The summed E-state index contributed by atoms with van der Waals surface area (Å²) in [6.45, 7) is -0.460. The van der Waals surface area contributed by atoms with Gasteiger partial charge in [-0.15, -0.1) is 0 Å². The van der Waals surface area contributed by atoms with E-state index >= 15 is 0 Å². The molecule has 0 aliphatic heterocycles. The summed E-state index contributed by atoms with van der Waals surface area (Å²) in [5.74, 6) is 0. The van der Waals surface area contributed by atoms with E-state index in [9.17, 15) is 4.39 Å². The van der Waals surface area contributed by atoms with Crippen LogP contribution in [0.1, 0.15) is 11.7 Å². The number of aliphatic hydroxyl groups is 1. The Balaban J connectivity index is 2.51. The molecule has 1 nitrogen and oxygen atoms in total. The second-order valence-corrected chi connectivity index (χ2v) is 3.26. The molecule has 0 radical (unpaired) electrons. The maximum atomic E-state index is 13.1. The summed E-state index contributed by atoms with van der Waals surface area (Å²) in [4.78, 5) is 0. The average Bonchev–Trinajstić information content (AvgIpc) is 2.27. The molecule has 0 aromatic heterocycles. The van der Waals surface area contributed by atoms with Gasteiger partial charge in [-0.3, -0.25) is 0 Å². The number of halogens is 1. The number of alkyl halides is 1. The minimum absolute atomic E-state index is 0.460. The SMILES string of the molecule is OC[C@@H](F)c1ccc2ccccc2c1. The Hall–Kier alpha value is -1.41. The van der Waals surface area contributed by atoms with E-state index in [1.807, 2.05) is 30.3 Å². The number of hydrogen-bond donors (Lipinski definition) is 1. The first-order valence-corrected chi connectivity index (χ1v) is 4.55. The Labute approximate surface area is 81.8 Å². The topological polar surface area (TPSA) is 20.2 Å². The van der Waals surface area contributed by atoms with Crippen LogP contribution in [0.15, 0.2) is 42.5 Å². The van der Waals surface area contributed by atoms with Gasteiger partial charge in [-0.05, 0) is 22.4 Å². The van der Waals surface area contributed by atoms with Crippen molar-refractivity contribution < 1.29 is 9.50 Å². The minimum Gasteiger partial charge on any atom is -0.393 e. The van der Waals surface area contributed by atoms with Crippen molar-refractivity contribution in [2.75, 3.05) is 6.61 Å². The number of aliphatic hydroxyl groups excluding tert-OH is 1. The summed E-state index contributed by atoms with van der Waals surface area (Å²) in [6, 6.07) is 13.1. The van der Waals surface area contributed by atoms with Gasteiger partial charge in [-0.2, -0.15) is 0 Å². The third-order valence-corrected chi connectivity index (χ3v) is 2.30. The Kier molecular flexibility index (Phi) is 2.46. The first-order valence-electron chi connectivity index (χ1n) is 4.55. The molecule has 0 aliphatic carbocycles. The summed E-state index contributed by atoms with van der Waals surface area (Å²) in [5.41, 5.74) is 0.534. The van der Waals surface area contributed by atoms with Gasteiger partial charge in [0, 0.05) is 0 Å². The highest BCUT2D eigenvalue weighted by Crippen LogP contribution is 2.22. The molecule has 2 heteroatoms. The lowest BCUT2D eigenvalue weighted by Gasteiger charge is -2.06. The van der Waals surface area contributed by atoms with Gasteiger partial charge in [0.15, 0.2) is 0 Å². The fraction of sp³-hybridized carbons (Fsp3) is 0.167. The van der Waals surface area contributed by atoms with Crippen LogP contribution < -0.4 is 0 Å². The van der Waals surface area contributed by atoms with E-state index < -0.39 is 12.8 Å². The molecule has 1 atom stereocenters. The summed E-state index contributed by atoms with van der Waals surface area (Å²) >= 11 is 0. The zero-order valence-corrected chi connectivity index (χ0v) is 7.65. The predicted molar refractivity (Wildman–Crippen MR) is 54.9 cm³/mol. The lowest BCUT2D eigenvalue weighted by molar-refractivity contribution is 0.180. The molecule has 0 fully saturated rings. The molecule has 2 aromatic rings. The van der Waals surface area contributed by atoms with Crippen LogP contribution >= 0.6 is 0 Å². The molecule has 0 aliphatic rings. The highest BCUT2D eigenvalue weighted by Gasteiger charge is 2.07. The molecule has 0 saturated heterocycles. The van der Waals surface area contributed by atoms with Crippen LogP contribution in [0.5, 0.6) is 0 Å². The quantitative estimate of drug-likeness (QED) is 0.772. The van der Waals surface area contributed by atoms with Crippen LogP contribution in [-0.4, -0.2) is 11.7 Å². The summed E-state index contributed by atoms with van der Waals surface area (Å²) < 4.78 is 13.1. The monoisotopic (exact) mass is 190 g/mol. The molecular weight excluding hydrogens is 179 g/mol. The highest BCUT2D eigenvalue weighted by atomic mass is 19.1. The van der Waals surface area contributed by atoms with Gasteiger partial charge < -0.3 is 5.11 Å². The van der Waals surface area contributed by atoms with E-state index in [0.717, 1.165) is 10.8 Å². The van der Waals surface area contributed by atoms with E-state index in [2.05, 4.69) is 0 Å². The number of fused-ring (bicyclic) bond motifs is 1. The van der Waals surface area contributed by atoms with Crippen LogP contribution in [0.3, 0.4) is 0 Å². The zero-order chi connectivity index (χ0) is 9.97. The van der Waals surface area contributed by atoms with Crippen molar-refractivity contribution in [1.29, 1.82) is 0 Å². The first-order chi connectivity index (χ1) is 6.81. The molecule has 0 heterocycles. The van der Waals surface area contributed by atoms with E-state index in [0.29, 0.717) is 5.56 Å². The predicted octanol–water partition coefficient (Wildman–Crippen LogP) is 2.84. The summed E-state index contributed by atoms with van der Waals surface area (Å²) in [5, 5.41) is 10.8. The van der Waals surface area contributed by atoms with E-state index in [1.54, 1.807) is 12.1 Å². The minimum atomic E-state index is -1.28. The molecule has 0 unspecified atom stereocenters. The highest BCUT2D eigenvalue weighted by molar-refractivity contribution is 5.83. The van der Waals surface area contributed by atoms with Gasteiger partial charge in [0.2, 0.25) is 0 Å². The van der Waals surface area contributed by atoms with E-state index in [1.165, 1.54) is 0 Å². The third kappa shape index (κ3) is 1.61. The molecule has 72 valence electrons. The van der Waals surface area contributed by atoms with Crippen molar-refractivity contribution >= 4 is 10.8 Å². The van der Waals surface area contributed by atoms with Crippen molar-refractivity contribution in [3.05, 3.63) is 48.0 Å². The third-order valence-electron chi connectivity index (χ3n) is 2.30. The summed E-state index contributed by atoms with van der Waals surface area (Å²) in [6.07, 6.45) is -1.28. The van der Waals surface area contributed by atoms with Gasteiger partial charge in [-0.25, -0.2) is 4.39 Å². The normalized spacial score (nSPS) is 13.0. The fourth-order valence-corrected chi connectivity index (χ4v) is 1.51. The molecule has 0 saturated carbocycles. The standard InChI is InChI=1S/C12H11FO/c13-12(8-14)11-6-5-9-3-1-2-4-10(9)7-11/h1-7,12,14H,8H2/t12-/m1/s1. The lowest BCUT2D eigenvalue weighted by Crippen LogP contribution is -1.96. The van der Waals surface area contributed by atoms with Gasteiger partial charge in [0.25, 0.3) is 0 Å². The zero-order valence-electron chi connectivity index (χ0n) is 7.65. The van der Waals surface area contributed by atoms with Gasteiger partial charge in [0.05, 0.1) is 6.61 Å². The maximum absolute atomic E-state index is 13.1. The van der Waals surface area contributed by atoms with Crippen LogP contribution in [-0.2, 0) is 0 Å². The van der Waals surface area contributed by atoms with Crippen molar-refractivity contribution in [3.8, 4) is 0 Å². The molecule has 14 heavy (non-hydrogen) atoms. The molecule has 0 bridgehead atoms. The second-order valence-electron chi connectivity index (χ2n) is 3.26. The van der Waals surface area contributed by atoms with Crippen LogP contribution in [0, 0.1) is 0 Å². The molecule has 0 spiro atoms. The van der Waals surface area contributed by atoms with Crippen LogP contribution in [0.4, 0.5) is 4.39 Å². The fourth-order valence-electron chi connectivity index (χ4n) is 1.51. The smallest absolute Gasteiger partial charge is 0.148 e. The number of hydrogen-bond acceptors (Lipinski definition) is 1. The second kappa shape index (κ2) is 3.76. The lowest BCUT2D eigenvalue weighted by atomic mass is 10.0. The Morgan fingerprint density at radius 3 is 2.50 bits per heavy atom. The maximum Gasteiger partial charge on any atom is 0.148 e. The Morgan fingerprint density at radius 1 is 1.07 bits per heavy atom. The molecule has 2 aromatic carbocycles. The van der Waals surface area contributed by atoms with Crippen LogP contribution in [0.25, 0.3) is 10.8 Å². The van der Waals surface area contributed by atoms with E-state index in [4.69, 9.17) is 5.11 Å². The van der Waals surface area contributed by atoms with Gasteiger partial charge in [0.1, 0.15) is 6.17 Å². The first kappa shape index (κ1) is 9.16. The molecule has 2 rings (SSSR count). The van der Waals surface area contributed by atoms with Crippen molar-refractivity contribution in [3.63, 3.8) is 0 Å². The number of benzene rings is 2. The van der Waals surface area contributed by atoms with E-state index in [-0.39, 0.29) is 0 Å². The van der Waals surface area contributed by atoms with Crippen molar-refractivity contribution in [2.45, 2.75) is 6.17 Å². The van der Waals surface area contributed by atoms with Gasteiger partial charge in [-0.1, -0.05) is 36.4 Å². The Morgan fingerprint density at radius 2 is 1.79 bits per heavy atom. The Bertz CT molecular complexity index is 439. The molecule has 1 N–H and O–H groups in total.